The lowest BCUT2D eigenvalue weighted by molar-refractivity contribution is -0.385. The SMILES string of the molecule is Cc1nc(C#N)c([N+](=O)[O-])cc1Br. The van der Waals surface area contributed by atoms with Gasteiger partial charge in [0.2, 0.25) is 5.69 Å². The highest BCUT2D eigenvalue weighted by molar-refractivity contribution is 9.10. The first-order valence-electron chi connectivity index (χ1n) is 3.28. The third-order valence-corrected chi connectivity index (χ3v) is 2.24. The van der Waals surface area contributed by atoms with E-state index in [1.165, 1.54) is 6.07 Å². The predicted octanol–water partition coefficient (Wildman–Crippen LogP) is 1.93. The van der Waals surface area contributed by atoms with Crippen LogP contribution in [0.5, 0.6) is 0 Å². The molecule has 0 fully saturated rings. The van der Waals surface area contributed by atoms with Crippen molar-refractivity contribution < 1.29 is 4.92 Å². The lowest BCUT2D eigenvalue weighted by Crippen LogP contribution is -1.97. The van der Waals surface area contributed by atoms with Gasteiger partial charge < -0.3 is 0 Å². The summed E-state index contributed by atoms with van der Waals surface area (Å²) in [7, 11) is 0. The van der Waals surface area contributed by atoms with Crippen molar-refractivity contribution in [1.82, 2.24) is 4.98 Å². The van der Waals surface area contributed by atoms with Gasteiger partial charge in [-0.3, -0.25) is 10.1 Å². The molecule has 5 nitrogen and oxygen atoms in total. The summed E-state index contributed by atoms with van der Waals surface area (Å²) in [5.74, 6) is 0. The summed E-state index contributed by atoms with van der Waals surface area (Å²) in [6.07, 6.45) is 0. The van der Waals surface area contributed by atoms with E-state index in [2.05, 4.69) is 20.9 Å². The summed E-state index contributed by atoms with van der Waals surface area (Å²) >= 11 is 3.10. The Morgan fingerprint density at radius 3 is 2.85 bits per heavy atom. The van der Waals surface area contributed by atoms with E-state index in [4.69, 9.17) is 5.26 Å². The number of hydrogen-bond acceptors (Lipinski definition) is 4. The fourth-order valence-corrected chi connectivity index (χ4v) is 1.10. The highest BCUT2D eigenvalue weighted by atomic mass is 79.9. The summed E-state index contributed by atoms with van der Waals surface area (Å²) in [4.78, 5) is 13.6. The maximum absolute atomic E-state index is 10.4. The molecule has 1 rings (SSSR count). The van der Waals surface area contributed by atoms with Crippen LogP contribution in [0, 0.1) is 28.4 Å². The molecule has 66 valence electrons. The van der Waals surface area contributed by atoms with Crippen molar-refractivity contribution in [3.63, 3.8) is 0 Å². The highest BCUT2D eigenvalue weighted by Gasteiger charge is 2.16. The Bertz CT molecular complexity index is 411. The zero-order chi connectivity index (χ0) is 10.0. The standard InChI is InChI=1S/C7H4BrN3O2/c1-4-5(8)2-7(11(12)13)6(3-9)10-4/h2H,1H3. The summed E-state index contributed by atoms with van der Waals surface area (Å²) in [5.41, 5.74) is 0.118. The van der Waals surface area contributed by atoms with Gasteiger partial charge >= 0.3 is 5.69 Å². The molecule has 1 heterocycles. The first kappa shape index (κ1) is 9.61. The van der Waals surface area contributed by atoms with Crippen LogP contribution in [-0.4, -0.2) is 9.91 Å². The number of rotatable bonds is 1. The Balaban J connectivity index is 3.44. The zero-order valence-electron chi connectivity index (χ0n) is 6.61. The quantitative estimate of drug-likeness (QED) is 0.556. The van der Waals surface area contributed by atoms with Crippen LogP contribution in [0.3, 0.4) is 0 Å². The molecule has 0 aliphatic heterocycles. The molecule has 1 aromatic rings. The molecule has 1 aromatic heterocycles. The van der Waals surface area contributed by atoms with Crippen LogP contribution in [0.4, 0.5) is 5.69 Å². The first-order chi connectivity index (χ1) is 6.06. The van der Waals surface area contributed by atoms with Crippen LogP contribution in [0.1, 0.15) is 11.4 Å². The Morgan fingerprint density at radius 1 is 1.77 bits per heavy atom. The van der Waals surface area contributed by atoms with Gasteiger partial charge in [-0.1, -0.05) is 0 Å². The molecule has 0 spiro atoms. The van der Waals surface area contributed by atoms with E-state index in [0.29, 0.717) is 10.2 Å². The second-order valence-corrected chi connectivity index (χ2v) is 3.15. The van der Waals surface area contributed by atoms with Crippen LogP contribution in [0.2, 0.25) is 0 Å². The van der Waals surface area contributed by atoms with Crippen molar-refractivity contribution >= 4 is 21.6 Å². The Morgan fingerprint density at radius 2 is 2.38 bits per heavy atom. The number of nitro groups is 1. The van der Waals surface area contributed by atoms with Crippen LogP contribution in [-0.2, 0) is 0 Å². The molecular weight excluding hydrogens is 238 g/mol. The molecule has 13 heavy (non-hydrogen) atoms. The fraction of sp³-hybridized carbons (Fsp3) is 0.143. The molecule has 0 amide bonds. The number of halogens is 1. The van der Waals surface area contributed by atoms with Crippen LogP contribution in [0.25, 0.3) is 0 Å². The monoisotopic (exact) mass is 241 g/mol. The third kappa shape index (κ3) is 1.81. The summed E-state index contributed by atoms with van der Waals surface area (Å²) in [5, 5.41) is 19.0. The van der Waals surface area contributed by atoms with Crippen molar-refractivity contribution in [3.05, 3.63) is 32.0 Å². The van der Waals surface area contributed by atoms with Gasteiger partial charge in [-0.05, 0) is 22.9 Å². The van der Waals surface area contributed by atoms with E-state index in [-0.39, 0.29) is 11.4 Å². The Kier molecular flexibility index (Phi) is 2.58. The van der Waals surface area contributed by atoms with Crippen molar-refractivity contribution in [1.29, 1.82) is 5.26 Å². The van der Waals surface area contributed by atoms with Gasteiger partial charge in [0.25, 0.3) is 0 Å². The number of pyridine rings is 1. The van der Waals surface area contributed by atoms with Gasteiger partial charge in [0, 0.05) is 10.5 Å². The normalized spacial score (nSPS) is 9.31. The van der Waals surface area contributed by atoms with Crippen molar-refractivity contribution in [2.45, 2.75) is 6.92 Å². The van der Waals surface area contributed by atoms with E-state index in [1.54, 1.807) is 13.0 Å². The Labute approximate surface area is 82.3 Å². The minimum absolute atomic E-state index is 0.161. The average Bonchev–Trinajstić information content (AvgIpc) is 2.08. The summed E-state index contributed by atoms with van der Waals surface area (Å²) in [6, 6.07) is 2.95. The van der Waals surface area contributed by atoms with Gasteiger partial charge in [-0.25, -0.2) is 4.98 Å². The van der Waals surface area contributed by atoms with Gasteiger partial charge in [-0.2, -0.15) is 5.26 Å². The molecule has 0 saturated carbocycles. The number of nitrogens with zero attached hydrogens (tertiary/aromatic N) is 3. The van der Waals surface area contributed by atoms with Crippen molar-refractivity contribution in [3.8, 4) is 6.07 Å². The average molecular weight is 242 g/mol. The molecule has 0 radical (unpaired) electrons. The van der Waals surface area contributed by atoms with Gasteiger partial charge in [0.15, 0.2) is 0 Å². The maximum atomic E-state index is 10.4. The summed E-state index contributed by atoms with van der Waals surface area (Å²) in [6.45, 7) is 1.66. The molecule has 0 aliphatic carbocycles. The Hall–Kier alpha value is -1.48. The molecule has 0 bridgehead atoms. The number of hydrogen-bond donors (Lipinski definition) is 0. The molecule has 0 atom stereocenters. The smallest absolute Gasteiger partial charge is 0.258 e. The van der Waals surface area contributed by atoms with Crippen molar-refractivity contribution in [2.24, 2.45) is 0 Å². The second-order valence-electron chi connectivity index (χ2n) is 2.29. The zero-order valence-corrected chi connectivity index (χ0v) is 8.20. The molecule has 0 aromatic carbocycles. The largest absolute Gasteiger partial charge is 0.306 e. The van der Waals surface area contributed by atoms with Crippen LogP contribution in [0.15, 0.2) is 10.5 Å². The van der Waals surface area contributed by atoms with E-state index < -0.39 is 4.92 Å². The van der Waals surface area contributed by atoms with E-state index in [9.17, 15) is 10.1 Å². The first-order valence-corrected chi connectivity index (χ1v) is 4.07. The van der Waals surface area contributed by atoms with E-state index >= 15 is 0 Å². The number of aryl methyl sites for hydroxylation is 1. The summed E-state index contributed by atoms with van der Waals surface area (Å²) < 4.78 is 0.526. The molecule has 6 heteroatoms. The molecule has 0 N–H and O–H groups in total. The van der Waals surface area contributed by atoms with Crippen LogP contribution >= 0.6 is 15.9 Å². The number of aromatic nitrogens is 1. The second kappa shape index (κ2) is 3.49. The number of nitriles is 1. The minimum atomic E-state index is -0.629. The topological polar surface area (TPSA) is 79.8 Å². The highest BCUT2D eigenvalue weighted by Crippen LogP contribution is 2.23. The van der Waals surface area contributed by atoms with Crippen molar-refractivity contribution in [2.75, 3.05) is 0 Å². The van der Waals surface area contributed by atoms with Gasteiger partial charge in [0.05, 0.1) is 10.6 Å². The molecule has 0 saturated heterocycles. The van der Waals surface area contributed by atoms with Gasteiger partial charge in [-0.15, -0.1) is 0 Å². The fourth-order valence-electron chi connectivity index (χ4n) is 0.793. The third-order valence-electron chi connectivity index (χ3n) is 1.43. The van der Waals surface area contributed by atoms with E-state index in [1.807, 2.05) is 0 Å². The molecule has 0 aliphatic rings. The molecule has 0 unspecified atom stereocenters. The molecular formula is C7H4BrN3O2. The lowest BCUT2D eigenvalue weighted by atomic mass is 10.3. The van der Waals surface area contributed by atoms with E-state index in [0.717, 1.165) is 0 Å². The maximum Gasteiger partial charge on any atom is 0.306 e. The lowest BCUT2D eigenvalue weighted by Gasteiger charge is -1.98. The minimum Gasteiger partial charge on any atom is -0.258 e. The predicted molar refractivity (Wildman–Crippen MR) is 48.0 cm³/mol. The van der Waals surface area contributed by atoms with Gasteiger partial charge in [0.1, 0.15) is 6.07 Å². The van der Waals surface area contributed by atoms with Crippen LogP contribution < -0.4 is 0 Å².